The third-order valence-corrected chi connectivity index (χ3v) is 9.38. The highest BCUT2D eigenvalue weighted by molar-refractivity contribution is 6.22. The SMILES string of the molecule is c1ccc(-c2cc(-c3ccc(-c4ccc5c(c4)c(-c4ccccc4)c(-c4cccnc4)c4ccccc45)cc3)nc(-c3ccccc3)n2)cc1. The lowest BCUT2D eigenvalue weighted by atomic mass is 9.84. The molecule has 3 nitrogen and oxygen atoms in total. The van der Waals surface area contributed by atoms with E-state index in [0.717, 1.165) is 44.8 Å². The molecule has 0 aliphatic heterocycles. The molecular weight excluding hydrogens is 607 g/mol. The van der Waals surface area contributed by atoms with Crippen LogP contribution in [0.25, 0.3) is 88.8 Å². The second-order valence-corrected chi connectivity index (χ2v) is 12.4. The number of rotatable bonds is 6. The molecule has 0 aliphatic carbocycles. The monoisotopic (exact) mass is 637 g/mol. The number of pyridine rings is 1. The smallest absolute Gasteiger partial charge is 0.160 e. The molecule has 0 spiro atoms. The molecule has 2 aromatic heterocycles. The normalized spacial score (nSPS) is 11.2. The molecule has 0 radical (unpaired) electrons. The van der Waals surface area contributed by atoms with Crippen molar-refractivity contribution in [1.82, 2.24) is 15.0 Å². The van der Waals surface area contributed by atoms with Gasteiger partial charge in [-0.25, -0.2) is 9.97 Å². The van der Waals surface area contributed by atoms with Crippen LogP contribution in [0.2, 0.25) is 0 Å². The van der Waals surface area contributed by atoms with Crippen molar-refractivity contribution in [3.8, 4) is 67.3 Å². The van der Waals surface area contributed by atoms with E-state index in [9.17, 15) is 0 Å². The lowest BCUT2D eigenvalue weighted by Crippen LogP contribution is -1.95. The molecule has 0 N–H and O–H groups in total. The van der Waals surface area contributed by atoms with Crippen LogP contribution in [0.5, 0.6) is 0 Å². The zero-order valence-corrected chi connectivity index (χ0v) is 27.2. The van der Waals surface area contributed by atoms with Crippen molar-refractivity contribution in [2.75, 3.05) is 0 Å². The summed E-state index contributed by atoms with van der Waals surface area (Å²) < 4.78 is 0. The number of hydrogen-bond donors (Lipinski definition) is 0. The van der Waals surface area contributed by atoms with Gasteiger partial charge in [0.25, 0.3) is 0 Å². The van der Waals surface area contributed by atoms with Crippen molar-refractivity contribution < 1.29 is 0 Å². The van der Waals surface area contributed by atoms with Gasteiger partial charge in [0, 0.05) is 34.6 Å². The number of nitrogens with zero attached hydrogens (tertiary/aromatic N) is 3. The summed E-state index contributed by atoms with van der Waals surface area (Å²) in [6.45, 7) is 0. The Morgan fingerprint density at radius 1 is 0.300 bits per heavy atom. The molecule has 0 saturated carbocycles. The summed E-state index contributed by atoms with van der Waals surface area (Å²) in [5, 5.41) is 4.90. The molecular formula is C47H31N3. The van der Waals surface area contributed by atoms with Gasteiger partial charge in [0.2, 0.25) is 0 Å². The molecule has 0 unspecified atom stereocenters. The first-order valence-electron chi connectivity index (χ1n) is 16.9. The summed E-state index contributed by atoms with van der Waals surface area (Å²) in [7, 11) is 0. The van der Waals surface area contributed by atoms with Crippen LogP contribution >= 0.6 is 0 Å². The summed E-state index contributed by atoms with van der Waals surface area (Å²) >= 11 is 0. The highest BCUT2D eigenvalue weighted by Gasteiger charge is 2.18. The lowest BCUT2D eigenvalue weighted by Gasteiger charge is -2.19. The number of benzene rings is 7. The Balaban J connectivity index is 1.20. The Hall–Kier alpha value is -6.71. The quantitative estimate of drug-likeness (QED) is 0.170. The molecule has 0 fully saturated rings. The molecule has 234 valence electrons. The average molecular weight is 638 g/mol. The topological polar surface area (TPSA) is 38.7 Å². The fourth-order valence-electron chi connectivity index (χ4n) is 6.99. The minimum Gasteiger partial charge on any atom is -0.264 e. The van der Waals surface area contributed by atoms with Crippen LogP contribution in [0.1, 0.15) is 0 Å². The molecule has 9 aromatic rings. The van der Waals surface area contributed by atoms with Crippen molar-refractivity contribution in [3.63, 3.8) is 0 Å². The molecule has 0 amide bonds. The maximum absolute atomic E-state index is 5.04. The average Bonchev–Trinajstić information content (AvgIpc) is 3.21. The van der Waals surface area contributed by atoms with Crippen LogP contribution in [0.4, 0.5) is 0 Å². The summed E-state index contributed by atoms with van der Waals surface area (Å²) in [6.07, 6.45) is 3.81. The van der Waals surface area contributed by atoms with E-state index in [-0.39, 0.29) is 0 Å². The summed E-state index contributed by atoms with van der Waals surface area (Å²) in [5.74, 6) is 0.714. The highest BCUT2D eigenvalue weighted by Crippen LogP contribution is 2.45. The van der Waals surface area contributed by atoms with Gasteiger partial charge in [-0.05, 0) is 67.6 Å². The number of fused-ring (bicyclic) bond motifs is 3. The van der Waals surface area contributed by atoms with Crippen molar-refractivity contribution >= 4 is 21.5 Å². The largest absolute Gasteiger partial charge is 0.264 e. The molecule has 0 atom stereocenters. The van der Waals surface area contributed by atoms with E-state index < -0.39 is 0 Å². The molecule has 9 rings (SSSR count). The van der Waals surface area contributed by atoms with Gasteiger partial charge in [0.05, 0.1) is 11.4 Å². The molecule has 0 aliphatic rings. The van der Waals surface area contributed by atoms with Crippen LogP contribution in [0, 0.1) is 0 Å². The molecule has 3 heteroatoms. The molecule has 0 bridgehead atoms. The van der Waals surface area contributed by atoms with Crippen LogP contribution in [-0.2, 0) is 0 Å². The Labute approximate surface area is 291 Å². The van der Waals surface area contributed by atoms with Gasteiger partial charge in [-0.1, -0.05) is 158 Å². The van der Waals surface area contributed by atoms with Gasteiger partial charge in [0.15, 0.2) is 5.82 Å². The first kappa shape index (κ1) is 29.4. The van der Waals surface area contributed by atoms with Gasteiger partial charge in [0.1, 0.15) is 0 Å². The number of hydrogen-bond acceptors (Lipinski definition) is 3. The van der Waals surface area contributed by atoms with Crippen LogP contribution in [-0.4, -0.2) is 15.0 Å². The maximum Gasteiger partial charge on any atom is 0.160 e. The Morgan fingerprint density at radius 3 is 1.46 bits per heavy atom. The lowest BCUT2D eigenvalue weighted by molar-refractivity contribution is 1.18. The second kappa shape index (κ2) is 12.7. The van der Waals surface area contributed by atoms with Crippen LogP contribution in [0.3, 0.4) is 0 Å². The van der Waals surface area contributed by atoms with E-state index in [0.29, 0.717) is 5.82 Å². The highest BCUT2D eigenvalue weighted by atomic mass is 14.9. The van der Waals surface area contributed by atoms with E-state index in [1.807, 2.05) is 54.9 Å². The number of aromatic nitrogens is 3. The molecule has 7 aromatic carbocycles. The third kappa shape index (κ3) is 5.41. The van der Waals surface area contributed by atoms with Crippen molar-refractivity contribution in [2.45, 2.75) is 0 Å². The zero-order chi connectivity index (χ0) is 33.3. The van der Waals surface area contributed by atoms with Gasteiger partial charge >= 0.3 is 0 Å². The van der Waals surface area contributed by atoms with Gasteiger partial charge in [-0.2, -0.15) is 0 Å². The second-order valence-electron chi connectivity index (χ2n) is 12.4. The zero-order valence-electron chi connectivity index (χ0n) is 27.2. The van der Waals surface area contributed by atoms with Crippen molar-refractivity contribution in [1.29, 1.82) is 0 Å². The van der Waals surface area contributed by atoms with Gasteiger partial charge in [-0.3, -0.25) is 4.98 Å². The first-order chi connectivity index (χ1) is 24.8. The fourth-order valence-corrected chi connectivity index (χ4v) is 6.99. The third-order valence-electron chi connectivity index (χ3n) is 9.38. The van der Waals surface area contributed by atoms with Gasteiger partial charge in [-0.15, -0.1) is 0 Å². The molecule has 50 heavy (non-hydrogen) atoms. The maximum atomic E-state index is 5.04. The van der Waals surface area contributed by atoms with Crippen molar-refractivity contribution in [3.05, 3.63) is 188 Å². The van der Waals surface area contributed by atoms with Crippen LogP contribution in [0.15, 0.2) is 188 Å². The van der Waals surface area contributed by atoms with Crippen LogP contribution < -0.4 is 0 Å². The van der Waals surface area contributed by atoms with E-state index >= 15 is 0 Å². The summed E-state index contributed by atoms with van der Waals surface area (Å²) in [6, 6.07) is 61.8. The van der Waals surface area contributed by atoms with E-state index in [2.05, 4.69) is 138 Å². The molecule has 0 saturated heterocycles. The summed E-state index contributed by atoms with van der Waals surface area (Å²) in [5.41, 5.74) is 11.9. The van der Waals surface area contributed by atoms with Gasteiger partial charge < -0.3 is 0 Å². The standard InChI is InChI=1S/C47H31N3/c1-4-13-33(14-5-1)43-30-44(50-47(49-43)36-17-8-3-9-18-36)34-24-22-32(23-25-34)37-26-27-40-39-20-10-11-21-41(39)46(38-19-12-28-48-31-38)45(42(40)29-37)35-15-6-2-7-16-35/h1-31H. The predicted molar refractivity (Wildman–Crippen MR) is 207 cm³/mol. The Bertz CT molecular complexity index is 2540. The van der Waals surface area contributed by atoms with E-state index in [1.54, 1.807) is 0 Å². The Morgan fingerprint density at radius 2 is 0.800 bits per heavy atom. The molecule has 2 heterocycles. The predicted octanol–water partition coefficient (Wildman–Crippen LogP) is 12.2. The Kier molecular flexibility index (Phi) is 7.49. The van der Waals surface area contributed by atoms with E-state index in [4.69, 9.17) is 9.97 Å². The van der Waals surface area contributed by atoms with E-state index in [1.165, 1.54) is 38.2 Å². The fraction of sp³-hybridized carbons (Fsp3) is 0. The first-order valence-corrected chi connectivity index (χ1v) is 16.9. The summed E-state index contributed by atoms with van der Waals surface area (Å²) in [4.78, 5) is 14.5. The minimum absolute atomic E-state index is 0.714. The minimum atomic E-state index is 0.714. The van der Waals surface area contributed by atoms with Crippen molar-refractivity contribution in [2.24, 2.45) is 0 Å².